The molecule has 0 atom stereocenters. The molecule has 2 aromatic carbocycles. The van der Waals surface area contributed by atoms with Crippen molar-refractivity contribution in [3.8, 4) is 23.0 Å². The number of nitrogens with one attached hydrogen (secondary N) is 1. The summed E-state index contributed by atoms with van der Waals surface area (Å²) in [6.45, 7) is 0. The molecule has 0 aromatic heterocycles. The number of hydrogen-bond donors (Lipinski definition) is 1. The third-order valence-electron chi connectivity index (χ3n) is 3.79. The Hall–Kier alpha value is -3.03. The van der Waals surface area contributed by atoms with E-state index in [1.807, 2.05) is 0 Å². The molecule has 0 saturated heterocycles. The topological polar surface area (TPSA) is 66.0 Å². The lowest BCUT2D eigenvalue weighted by Crippen LogP contribution is -2.25. The molecule has 6 nitrogen and oxygen atoms in total. The van der Waals surface area contributed by atoms with Gasteiger partial charge in [0.1, 0.15) is 11.5 Å². The summed E-state index contributed by atoms with van der Waals surface area (Å²) in [5, 5.41) is 2.64. The maximum absolute atomic E-state index is 13.0. The van der Waals surface area contributed by atoms with Crippen LogP contribution in [0.5, 0.6) is 23.0 Å². The van der Waals surface area contributed by atoms with Crippen LogP contribution in [-0.4, -0.2) is 26.4 Å². The van der Waals surface area contributed by atoms with Gasteiger partial charge >= 0.3 is 6.29 Å². The van der Waals surface area contributed by atoms with E-state index in [4.69, 9.17) is 9.47 Å². The molecule has 1 aliphatic heterocycles. The smallest absolute Gasteiger partial charge is 0.497 e. The summed E-state index contributed by atoms with van der Waals surface area (Å²) in [5.41, 5.74) is 1.17. The van der Waals surface area contributed by atoms with Gasteiger partial charge in [0, 0.05) is 18.2 Å². The van der Waals surface area contributed by atoms with E-state index >= 15 is 0 Å². The minimum Gasteiger partial charge on any atom is -0.497 e. The van der Waals surface area contributed by atoms with Gasteiger partial charge < -0.3 is 24.3 Å². The number of benzene rings is 2. The molecule has 0 bridgehead atoms. The summed E-state index contributed by atoms with van der Waals surface area (Å²) >= 11 is 0. The number of halogens is 2. The zero-order valence-electron chi connectivity index (χ0n) is 14.2. The Bertz CT molecular complexity index is 825. The van der Waals surface area contributed by atoms with Crippen LogP contribution < -0.4 is 24.3 Å². The lowest BCUT2D eigenvalue weighted by Gasteiger charge is -2.11. The van der Waals surface area contributed by atoms with Gasteiger partial charge in [-0.15, -0.1) is 8.78 Å². The molecule has 8 heteroatoms. The molecule has 0 spiro atoms. The van der Waals surface area contributed by atoms with E-state index in [9.17, 15) is 13.6 Å². The second-order valence-corrected chi connectivity index (χ2v) is 5.55. The van der Waals surface area contributed by atoms with Gasteiger partial charge in [-0.05, 0) is 42.3 Å². The van der Waals surface area contributed by atoms with Crippen LogP contribution in [0.4, 0.5) is 14.5 Å². The molecular formula is C18H17F2NO5. The highest BCUT2D eigenvalue weighted by atomic mass is 19.3. The van der Waals surface area contributed by atoms with E-state index in [1.54, 1.807) is 32.4 Å². The first-order chi connectivity index (χ1) is 12.4. The second-order valence-electron chi connectivity index (χ2n) is 5.55. The first-order valence-electron chi connectivity index (χ1n) is 7.81. The Kier molecular flexibility index (Phi) is 4.83. The van der Waals surface area contributed by atoms with Crippen LogP contribution in [0.25, 0.3) is 0 Å². The van der Waals surface area contributed by atoms with Crippen LogP contribution in [-0.2, 0) is 11.2 Å². The van der Waals surface area contributed by atoms with E-state index < -0.39 is 6.29 Å². The Labute approximate surface area is 148 Å². The van der Waals surface area contributed by atoms with E-state index in [1.165, 1.54) is 18.2 Å². The van der Waals surface area contributed by atoms with Gasteiger partial charge in [-0.25, -0.2) is 0 Å². The minimum absolute atomic E-state index is 0.0749. The SMILES string of the molecule is COc1ccc(OC)c(CCC(=O)Nc2ccc3c(c2)OC(F)(F)O3)c1. The predicted molar refractivity (Wildman–Crippen MR) is 89.1 cm³/mol. The highest BCUT2D eigenvalue weighted by molar-refractivity contribution is 5.91. The lowest BCUT2D eigenvalue weighted by atomic mass is 10.1. The fraction of sp³-hybridized carbons (Fsp3) is 0.278. The molecule has 2 aromatic rings. The summed E-state index contributed by atoms with van der Waals surface area (Å²) in [6.07, 6.45) is -3.09. The number of alkyl halides is 2. The van der Waals surface area contributed by atoms with Gasteiger partial charge in [-0.1, -0.05) is 0 Å². The number of hydrogen-bond acceptors (Lipinski definition) is 5. The summed E-state index contributed by atoms with van der Waals surface area (Å²) in [6, 6.07) is 9.41. The number of rotatable bonds is 6. The van der Waals surface area contributed by atoms with Gasteiger partial charge in [0.15, 0.2) is 11.5 Å². The number of carbonyl (C=O) groups is 1. The Morgan fingerprint density at radius 1 is 1.08 bits per heavy atom. The van der Waals surface area contributed by atoms with Crippen molar-refractivity contribution < 1.29 is 32.5 Å². The number of fused-ring (bicyclic) bond motifs is 1. The molecule has 1 N–H and O–H groups in total. The fourth-order valence-electron chi connectivity index (χ4n) is 2.58. The number of amides is 1. The zero-order valence-corrected chi connectivity index (χ0v) is 14.2. The first kappa shape index (κ1) is 17.8. The van der Waals surface area contributed by atoms with Crippen LogP contribution in [0, 0.1) is 0 Å². The molecule has 0 aliphatic carbocycles. The molecule has 1 amide bonds. The van der Waals surface area contributed by atoms with Crippen molar-refractivity contribution in [2.75, 3.05) is 19.5 Å². The number of anilines is 1. The van der Waals surface area contributed by atoms with Crippen molar-refractivity contribution >= 4 is 11.6 Å². The van der Waals surface area contributed by atoms with Crippen molar-refractivity contribution in [1.29, 1.82) is 0 Å². The predicted octanol–water partition coefficient (Wildman–Crippen LogP) is 3.60. The van der Waals surface area contributed by atoms with Crippen molar-refractivity contribution in [3.63, 3.8) is 0 Å². The van der Waals surface area contributed by atoms with E-state index in [0.29, 0.717) is 23.6 Å². The molecule has 26 heavy (non-hydrogen) atoms. The molecule has 138 valence electrons. The van der Waals surface area contributed by atoms with Gasteiger partial charge in [0.2, 0.25) is 5.91 Å². The molecular weight excluding hydrogens is 348 g/mol. The van der Waals surface area contributed by atoms with Crippen molar-refractivity contribution in [2.24, 2.45) is 0 Å². The Morgan fingerprint density at radius 3 is 2.58 bits per heavy atom. The maximum atomic E-state index is 13.0. The average molecular weight is 365 g/mol. The minimum atomic E-state index is -3.69. The molecule has 0 fully saturated rings. The van der Waals surface area contributed by atoms with Crippen LogP contribution in [0.3, 0.4) is 0 Å². The van der Waals surface area contributed by atoms with Crippen molar-refractivity contribution in [2.45, 2.75) is 19.1 Å². The van der Waals surface area contributed by atoms with E-state index in [0.717, 1.165) is 5.56 Å². The zero-order chi connectivity index (χ0) is 18.7. The first-order valence-corrected chi connectivity index (χ1v) is 7.81. The van der Waals surface area contributed by atoms with Crippen LogP contribution >= 0.6 is 0 Å². The summed E-state index contributed by atoms with van der Waals surface area (Å²) in [7, 11) is 3.11. The summed E-state index contributed by atoms with van der Waals surface area (Å²) < 4.78 is 45.2. The van der Waals surface area contributed by atoms with Gasteiger partial charge in [0.25, 0.3) is 0 Å². The van der Waals surface area contributed by atoms with Gasteiger partial charge in [-0.2, -0.15) is 0 Å². The molecule has 1 aliphatic rings. The number of methoxy groups -OCH3 is 2. The molecule has 1 heterocycles. The van der Waals surface area contributed by atoms with Gasteiger partial charge in [-0.3, -0.25) is 4.79 Å². The normalized spacial score (nSPS) is 14.0. The van der Waals surface area contributed by atoms with E-state index in [-0.39, 0.29) is 23.8 Å². The van der Waals surface area contributed by atoms with Crippen LogP contribution in [0.1, 0.15) is 12.0 Å². The Morgan fingerprint density at radius 2 is 1.85 bits per heavy atom. The monoisotopic (exact) mass is 365 g/mol. The Balaban J connectivity index is 1.62. The van der Waals surface area contributed by atoms with E-state index in [2.05, 4.69) is 14.8 Å². The summed E-state index contributed by atoms with van der Waals surface area (Å²) in [5.74, 6) is 0.846. The van der Waals surface area contributed by atoms with Crippen molar-refractivity contribution in [1.82, 2.24) is 0 Å². The second kappa shape index (κ2) is 7.07. The average Bonchev–Trinajstić information content (AvgIpc) is 2.92. The largest absolute Gasteiger partial charge is 0.586 e. The highest BCUT2D eigenvalue weighted by Gasteiger charge is 2.43. The standard InChI is InChI=1S/C18H17F2NO5/c1-23-13-5-7-14(24-2)11(9-13)3-8-17(22)21-12-4-6-15-16(10-12)26-18(19,20)25-15/h4-7,9-10H,3,8H2,1-2H3,(H,21,22). The number of ether oxygens (including phenoxy) is 4. The fourth-order valence-corrected chi connectivity index (χ4v) is 2.58. The third-order valence-corrected chi connectivity index (χ3v) is 3.79. The molecule has 0 saturated carbocycles. The van der Waals surface area contributed by atoms with Crippen molar-refractivity contribution in [3.05, 3.63) is 42.0 Å². The molecule has 0 unspecified atom stereocenters. The molecule has 3 rings (SSSR count). The van der Waals surface area contributed by atoms with Gasteiger partial charge in [0.05, 0.1) is 14.2 Å². The third kappa shape index (κ3) is 3.96. The van der Waals surface area contributed by atoms with Crippen LogP contribution in [0.15, 0.2) is 36.4 Å². The number of carbonyl (C=O) groups excluding carboxylic acids is 1. The van der Waals surface area contributed by atoms with Crippen LogP contribution in [0.2, 0.25) is 0 Å². The molecule has 0 radical (unpaired) electrons. The summed E-state index contributed by atoms with van der Waals surface area (Å²) in [4.78, 5) is 12.2. The lowest BCUT2D eigenvalue weighted by molar-refractivity contribution is -0.286. The quantitative estimate of drug-likeness (QED) is 0.847. The highest BCUT2D eigenvalue weighted by Crippen LogP contribution is 2.42. The number of aryl methyl sites for hydroxylation is 1. The maximum Gasteiger partial charge on any atom is 0.586 e.